The van der Waals surface area contributed by atoms with Gasteiger partial charge < -0.3 is 4.98 Å². The van der Waals surface area contributed by atoms with Crippen LogP contribution in [0.15, 0.2) is 103 Å². The van der Waals surface area contributed by atoms with Crippen LogP contribution < -0.4 is 0 Å². The third-order valence-corrected chi connectivity index (χ3v) is 4.88. The number of pyridine rings is 1. The Bertz CT molecular complexity index is 1270. The summed E-state index contributed by atoms with van der Waals surface area (Å²) >= 11 is 0. The average Bonchev–Trinajstić information content (AvgIpc) is 3.22. The van der Waals surface area contributed by atoms with Crippen molar-refractivity contribution < 1.29 is 0 Å². The van der Waals surface area contributed by atoms with E-state index in [0.717, 1.165) is 11.0 Å². The summed E-state index contributed by atoms with van der Waals surface area (Å²) in [4.78, 5) is 7.84. The summed E-state index contributed by atoms with van der Waals surface area (Å²) in [5.41, 5.74) is 3.36. The molecule has 0 saturated carbocycles. The Kier molecular flexibility index (Phi) is 3.80. The fraction of sp³-hybridized carbons (Fsp3) is 0. The molecule has 0 saturated heterocycles. The Hall–Kier alpha value is -3.65. The first-order valence-electron chi connectivity index (χ1n) is 9.08. The fourth-order valence-electron chi connectivity index (χ4n) is 3.52. The first kappa shape index (κ1) is 15.6. The van der Waals surface area contributed by atoms with Crippen molar-refractivity contribution in [1.82, 2.24) is 9.97 Å². The molecule has 2 nitrogen and oxygen atoms in total. The number of para-hydroxylation sites is 2. The van der Waals surface area contributed by atoms with E-state index in [0.29, 0.717) is 0 Å². The molecule has 6 rings (SSSR count). The van der Waals surface area contributed by atoms with E-state index in [4.69, 9.17) is 0 Å². The summed E-state index contributed by atoms with van der Waals surface area (Å²) in [6.07, 6.45) is 1.98. The number of nitrogens with one attached hydrogen (secondary N) is 1. The van der Waals surface area contributed by atoms with E-state index in [9.17, 15) is 0 Å². The van der Waals surface area contributed by atoms with Crippen LogP contribution in [0.2, 0.25) is 0 Å². The smallest absolute Gasteiger partial charge is 0.0709 e. The summed E-state index contributed by atoms with van der Waals surface area (Å²) in [6, 6.07) is 33.4. The Labute approximate surface area is 157 Å². The molecule has 6 aromatic rings. The monoisotopic (exact) mass is 346 g/mol. The molecule has 0 aliphatic rings. The van der Waals surface area contributed by atoms with Gasteiger partial charge in [-0.15, -0.1) is 0 Å². The van der Waals surface area contributed by atoms with Crippen LogP contribution in [-0.4, -0.2) is 9.97 Å². The number of aromatic amines is 1. The van der Waals surface area contributed by atoms with Gasteiger partial charge in [-0.3, -0.25) is 0 Å². The molecule has 0 radical (unpaired) electrons. The topological polar surface area (TPSA) is 28.7 Å². The second kappa shape index (κ2) is 6.58. The Balaban J connectivity index is 0.000000119. The lowest BCUT2D eigenvalue weighted by atomic mass is 10.1. The van der Waals surface area contributed by atoms with Crippen LogP contribution in [0.1, 0.15) is 0 Å². The molecule has 128 valence electrons. The predicted octanol–water partition coefficient (Wildman–Crippen LogP) is 6.71. The molecule has 1 N–H and O–H groups in total. The number of rotatable bonds is 0. The molecule has 0 aliphatic carbocycles. The van der Waals surface area contributed by atoms with E-state index in [1.165, 1.54) is 32.4 Å². The zero-order valence-corrected chi connectivity index (χ0v) is 14.8. The van der Waals surface area contributed by atoms with Crippen molar-refractivity contribution in [3.05, 3.63) is 103 Å². The summed E-state index contributed by atoms with van der Waals surface area (Å²) in [6.45, 7) is 0. The van der Waals surface area contributed by atoms with Crippen molar-refractivity contribution in [3.63, 3.8) is 0 Å². The van der Waals surface area contributed by atoms with Crippen molar-refractivity contribution >= 4 is 43.5 Å². The number of nitrogens with zero attached hydrogens (tertiary/aromatic N) is 1. The molecular formula is C25H18N2. The maximum absolute atomic E-state index is 4.58. The van der Waals surface area contributed by atoms with Gasteiger partial charge in [0.1, 0.15) is 0 Å². The molecule has 2 aromatic heterocycles. The lowest BCUT2D eigenvalue weighted by molar-refractivity contribution is 1.49. The van der Waals surface area contributed by atoms with Crippen LogP contribution in [0.5, 0.6) is 0 Å². The van der Waals surface area contributed by atoms with Crippen LogP contribution >= 0.6 is 0 Å². The highest BCUT2D eigenvalue weighted by molar-refractivity contribution is 6.05. The molecule has 0 bridgehead atoms. The van der Waals surface area contributed by atoms with Gasteiger partial charge in [-0.25, -0.2) is 4.98 Å². The van der Waals surface area contributed by atoms with Gasteiger partial charge in [-0.05, 0) is 29.7 Å². The molecule has 0 aliphatic heterocycles. The van der Waals surface area contributed by atoms with E-state index in [-0.39, 0.29) is 0 Å². The van der Waals surface area contributed by atoms with E-state index < -0.39 is 0 Å². The van der Waals surface area contributed by atoms with E-state index in [2.05, 4.69) is 70.6 Å². The maximum atomic E-state index is 4.58. The maximum Gasteiger partial charge on any atom is 0.0709 e. The first-order valence-corrected chi connectivity index (χ1v) is 9.08. The third-order valence-electron chi connectivity index (χ3n) is 4.88. The standard InChI is InChI=1S/C13H9N.C12H9N/c1-3-7-12-10(5-1)9-11-6-2-4-8-13(11)14-12;1-2-4-11-9(3-1)5-6-10-7-8-13-12(10)11/h1-9H;1-8,13H. The highest BCUT2D eigenvalue weighted by Gasteiger charge is 1.99. The van der Waals surface area contributed by atoms with Crippen molar-refractivity contribution in [3.8, 4) is 0 Å². The predicted molar refractivity (Wildman–Crippen MR) is 115 cm³/mol. The number of hydrogen-bond acceptors (Lipinski definition) is 1. The summed E-state index contributed by atoms with van der Waals surface area (Å²) in [5, 5.41) is 6.26. The number of fused-ring (bicyclic) bond motifs is 5. The van der Waals surface area contributed by atoms with Gasteiger partial charge in [0.05, 0.1) is 16.6 Å². The lowest BCUT2D eigenvalue weighted by Gasteiger charge is -1.99. The van der Waals surface area contributed by atoms with Crippen molar-refractivity contribution in [2.75, 3.05) is 0 Å². The Morgan fingerprint density at radius 1 is 0.519 bits per heavy atom. The summed E-state index contributed by atoms with van der Waals surface area (Å²) in [7, 11) is 0. The number of benzene rings is 4. The minimum atomic E-state index is 1.06. The lowest BCUT2D eigenvalue weighted by Crippen LogP contribution is -1.80. The SMILES string of the molecule is c1ccc2c(c1)ccc1cc[nH]c12.c1ccc2nc3ccccc3cc2c1. The van der Waals surface area contributed by atoms with Crippen LogP contribution in [0, 0.1) is 0 Å². The molecule has 2 heterocycles. The van der Waals surface area contributed by atoms with Gasteiger partial charge >= 0.3 is 0 Å². The van der Waals surface area contributed by atoms with E-state index in [1.54, 1.807) is 0 Å². The van der Waals surface area contributed by atoms with Gasteiger partial charge in [-0.2, -0.15) is 0 Å². The molecule has 27 heavy (non-hydrogen) atoms. The zero-order valence-electron chi connectivity index (χ0n) is 14.8. The number of aromatic nitrogens is 2. The molecule has 4 aromatic carbocycles. The quantitative estimate of drug-likeness (QED) is 0.304. The first-order chi connectivity index (χ1) is 13.4. The van der Waals surface area contributed by atoms with Gasteiger partial charge in [-0.1, -0.05) is 72.8 Å². The van der Waals surface area contributed by atoms with Gasteiger partial charge in [0.15, 0.2) is 0 Å². The molecule has 0 spiro atoms. The average molecular weight is 346 g/mol. The fourth-order valence-corrected chi connectivity index (χ4v) is 3.52. The van der Waals surface area contributed by atoms with Gasteiger partial charge in [0.25, 0.3) is 0 Å². The number of H-pyrrole nitrogens is 1. The Morgan fingerprint density at radius 2 is 1.11 bits per heavy atom. The highest BCUT2D eigenvalue weighted by atomic mass is 14.7. The normalized spacial score (nSPS) is 11.0. The van der Waals surface area contributed by atoms with Crippen molar-refractivity contribution in [2.24, 2.45) is 0 Å². The molecular weight excluding hydrogens is 328 g/mol. The minimum absolute atomic E-state index is 1.06. The van der Waals surface area contributed by atoms with Crippen LogP contribution in [0.3, 0.4) is 0 Å². The van der Waals surface area contributed by atoms with Crippen molar-refractivity contribution in [1.29, 1.82) is 0 Å². The minimum Gasteiger partial charge on any atom is -0.361 e. The highest BCUT2D eigenvalue weighted by Crippen LogP contribution is 2.23. The summed E-state index contributed by atoms with van der Waals surface area (Å²) < 4.78 is 0. The number of hydrogen-bond donors (Lipinski definition) is 1. The Morgan fingerprint density at radius 3 is 1.85 bits per heavy atom. The van der Waals surface area contributed by atoms with Gasteiger partial charge in [0, 0.05) is 27.7 Å². The van der Waals surface area contributed by atoms with E-state index in [1.807, 2.05) is 42.6 Å². The van der Waals surface area contributed by atoms with Crippen molar-refractivity contribution in [2.45, 2.75) is 0 Å². The van der Waals surface area contributed by atoms with Crippen LogP contribution in [0.4, 0.5) is 0 Å². The molecule has 0 fully saturated rings. The summed E-state index contributed by atoms with van der Waals surface area (Å²) in [5.74, 6) is 0. The zero-order chi connectivity index (χ0) is 18.1. The second-order valence-corrected chi connectivity index (χ2v) is 6.60. The molecule has 2 heteroatoms. The largest absolute Gasteiger partial charge is 0.361 e. The van der Waals surface area contributed by atoms with Crippen LogP contribution in [0.25, 0.3) is 43.5 Å². The van der Waals surface area contributed by atoms with Crippen LogP contribution in [-0.2, 0) is 0 Å². The van der Waals surface area contributed by atoms with Gasteiger partial charge in [0.2, 0.25) is 0 Å². The van der Waals surface area contributed by atoms with E-state index >= 15 is 0 Å². The second-order valence-electron chi connectivity index (χ2n) is 6.60. The molecule has 0 unspecified atom stereocenters. The third kappa shape index (κ3) is 2.91. The molecule has 0 atom stereocenters. The molecule has 0 amide bonds.